The summed E-state index contributed by atoms with van der Waals surface area (Å²) in [6, 6.07) is 3.99. The van der Waals surface area contributed by atoms with Crippen molar-refractivity contribution in [2.75, 3.05) is 13.7 Å². The van der Waals surface area contributed by atoms with Gasteiger partial charge in [-0.2, -0.15) is 10.4 Å². The first kappa shape index (κ1) is 23.4. The normalized spacial score (nSPS) is 45.5. The minimum Gasteiger partial charge on any atom is -0.387 e. The van der Waals surface area contributed by atoms with Crippen LogP contribution in [0, 0.1) is 57.7 Å². The van der Waals surface area contributed by atoms with Gasteiger partial charge in [0.05, 0.1) is 12.2 Å². The van der Waals surface area contributed by atoms with Crippen LogP contribution < -0.4 is 0 Å². The van der Waals surface area contributed by atoms with Gasteiger partial charge in [-0.05, 0) is 110 Å². The van der Waals surface area contributed by atoms with Crippen molar-refractivity contribution >= 4 is 0 Å². The Morgan fingerprint density at radius 2 is 1.85 bits per heavy atom. The van der Waals surface area contributed by atoms with Crippen LogP contribution in [0.4, 0.5) is 0 Å². The molecular weight excluding hydrogens is 410 g/mol. The van der Waals surface area contributed by atoms with Gasteiger partial charge in [0.2, 0.25) is 0 Å². The molecule has 1 heterocycles. The Hall–Kier alpha value is -1.38. The number of aliphatic hydroxyl groups is 1. The average Bonchev–Trinajstić information content (AvgIpc) is 3.37. The SMILES string of the molecule is COC[C@@]1(O)CC[C@H]2[C@H](CC[C@H]3[C@@H]4CCC([C@@H](C)Cn5ccc(C#N)n5)[C@@]4(C)CC[C@]23C)C1. The van der Waals surface area contributed by atoms with Gasteiger partial charge in [-0.3, -0.25) is 4.68 Å². The largest absolute Gasteiger partial charge is 0.387 e. The lowest BCUT2D eigenvalue weighted by molar-refractivity contribution is -0.162. The zero-order valence-corrected chi connectivity index (χ0v) is 21.1. The Balaban J connectivity index is 1.31. The van der Waals surface area contributed by atoms with E-state index in [2.05, 4.69) is 31.9 Å². The van der Waals surface area contributed by atoms with Crippen molar-refractivity contribution < 1.29 is 9.84 Å². The van der Waals surface area contributed by atoms with Crippen LogP contribution in [0.3, 0.4) is 0 Å². The number of hydrogen-bond donors (Lipinski definition) is 1. The molecule has 0 saturated heterocycles. The molecule has 1 aromatic heterocycles. The summed E-state index contributed by atoms with van der Waals surface area (Å²) in [7, 11) is 1.72. The van der Waals surface area contributed by atoms with Crippen molar-refractivity contribution in [1.29, 1.82) is 5.26 Å². The smallest absolute Gasteiger partial charge is 0.162 e. The predicted molar refractivity (Wildman–Crippen MR) is 128 cm³/mol. The molecular formula is C28H43N3O2. The third-order valence-electron chi connectivity index (χ3n) is 11.2. The molecule has 0 bridgehead atoms. The number of hydrogen-bond acceptors (Lipinski definition) is 4. The molecule has 0 radical (unpaired) electrons. The maximum Gasteiger partial charge on any atom is 0.162 e. The summed E-state index contributed by atoms with van der Waals surface area (Å²) in [4.78, 5) is 0. The molecule has 0 spiro atoms. The van der Waals surface area contributed by atoms with Crippen molar-refractivity contribution in [2.45, 2.75) is 90.7 Å². The van der Waals surface area contributed by atoms with Crippen LogP contribution >= 0.6 is 0 Å². The van der Waals surface area contributed by atoms with Crippen molar-refractivity contribution in [1.82, 2.24) is 9.78 Å². The molecule has 1 aromatic rings. The highest BCUT2D eigenvalue weighted by Gasteiger charge is 2.62. The summed E-state index contributed by atoms with van der Waals surface area (Å²) in [5.41, 5.74) is 0.776. The minimum atomic E-state index is -0.603. The van der Waals surface area contributed by atoms with Crippen LogP contribution in [0.15, 0.2) is 12.3 Å². The summed E-state index contributed by atoms with van der Waals surface area (Å²) in [6.45, 7) is 9.05. The van der Waals surface area contributed by atoms with Crippen molar-refractivity contribution in [2.24, 2.45) is 46.3 Å². The molecule has 0 aromatic carbocycles. The van der Waals surface area contributed by atoms with Gasteiger partial charge in [0, 0.05) is 19.9 Å². The van der Waals surface area contributed by atoms with Gasteiger partial charge in [-0.1, -0.05) is 20.8 Å². The third kappa shape index (κ3) is 3.76. The van der Waals surface area contributed by atoms with E-state index >= 15 is 0 Å². The van der Waals surface area contributed by atoms with Crippen LogP contribution in [-0.4, -0.2) is 34.2 Å². The first-order valence-electron chi connectivity index (χ1n) is 13.4. The van der Waals surface area contributed by atoms with E-state index in [1.54, 1.807) is 7.11 Å². The van der Waals surface area contributed by atoms with E-state index in [4.69, 9.17) is 10.00 Å². The lowest BCUT2D eigenvalue weighted by Crippen LogP contribution is -2.57. The summed E-state index contributed by atoms with van der Waals surface area (Å²) >= 11 is 0. The monoisotopic (exact) mass is 453 g/mol. The zero-order valence-electron chi connectivity index (χ0n) is 21.1. The number of nitriles is 1. The molecule has 182 valence electrons. The first-order chi connectivity index (χ1) is 15.7. The predicted octanol–water partition coefficient (Wildman–Crippen LogP) is 5.43. The van der Waals surface area contributed by atoms with E-state index in [1.807, 2.05) is 16.9 Å². The molecule has 33 heavy (non-hydrogen) atoms. The van der Waals surface area contributed by atoms with E-state index in [0.29, 0.717) is 35.0 Å². The van der Waals surface area contributed by atoms with Crippen LogP contribution in [-0.2, 0) is 11.3 Å². The fourth-order valence-electron chi connectivity index (χ4n) is 9.74. The summed E-state index contributed by atoms with van der Waals surface area (Å²) in [5, 5.41) is 24.6. The molecule has 4 aliphatic rings. The molecule has 4 aliphatic carbocycles. The molecule has 0 aliphatic heterocycles. The molecule has 4 saturated carbocycles. The summed E-state index contributed by atoms with van der Waals surface area (Å²) in [5.74, 6) is 4.40. The van der Waals surface area contributed by atoms with Gasteiger partial charge in [0.15, 0.2) is 5.69 Å². The van der Waals surface area contributed by atoms with E-state index in [1.165, 1.54) is 44.9 Å². The van der Waals surface area contributed by atoms with E-state index in [9.17, 15) is 5.11 Å². The topological polar surface area (TPSA) is 71.1 Å². The molecule has 4 fully saturated rings. The molecule has 0 amide bonds. The van der Waals surface area contributed by atoms with Crippen molar-refractivity contribution in [3.05, 3.63) is 18.0 Å². The van der Waals surface area contributed by atoms with Gasteiger partial charge in [-0.15, -0.1) is 0 Å². The maximum atomic E-state index is 11.1. The van der Waals surface area contributed by atoms with Crippen molar-refractivity contribution in [3.63, 3.8) is 0 Å². The number of aromatic nitrogens is 2. The Morgan fingerprint density at radius 3 is 2.58 bits per heavy atom. The second-order valence-electron chi connectivity index (χ2n) is 12.8. The number of methoxy groups -OCH3 is 1. The van der Waals surface area contributed by atoms with E-state index < -0.39 is 5.60 Å². The number of ether oxygens (including phenoxy) is 1. The maximum absolute atomic E-state index is 11.1. The van der Waals surface area contributed by atoms with Gasteiger partial charge in [0.1, 0.15) is 6.07 Å². The van der Waals surface area contributed by atoms with E-state index in [-0.39, 0.29) is 0 Å². The molecule has 9 atom stereocenters. The number of nitrogens with zero attached hydrogens (tertiary/aromatic N) is 3. The molecule has 1 unspecified atom stereocenters. The zero-order chi connectivity index (χ0) is 23.4. The molecule has 5 rings (SSSR count). The van der Waals surface area contributed by atoms with Gasteiger partial charge < -0.3 is 9.84 Å². The Kier molecular flexibility index (Phi) is 5.93. The Labute approximate surface area is 199 Å². The fraction of sp³-hybridized carbons (Fsp3) is 0.857. The van der Waals surface area contributed by atoms with Gasteiger partial charge in [-0.25, -0.2) is 0 Å². The van der Waals surface area contributed by atoms with Crippen molar-refractivity contribution in [3.8, 4) is 6.07 Å². The van der Waals surface area contributed by atoms with Gasteiger partial charge in [0.25, 0.3) is 0 Å². The lowest BCUT2D eigenvalue weighted by atomic mass is 9.42. The standard InChI is InChI=1S/C28H43N3O2/c1-19(17-31-14-10-21(16-29)30-31)22-7-8-25-24-6-5-20-15-28(32,18-33-4)11-9-23(20)27(24,3)13-12-26(22,25)2/h10,14,19-20,22-25,32H,5-9,11-13,15,17-18H2,1-4H3/t19-,20+,22?,23-,24-,25-,26+,27+,28+/m0/s1. The first-order valence-corrected chi connectivity index (χ1v) is 13.4. The molecule has 5 heteroatoms. The second kappa shape index (κ2) is 8.38. The van der Waals surface area contributed by atoms with Crippen LogP contribution in [0.1, 0.15) is 84.3 Å². The Morgan fingerprint density at radius 1 is 1.12 bits per heavy atom. The lowest BCUT2D eigenvalue weighted by Gasteiger charge is -2.63. The Bertz CT molecular complexity index is 907. The highest BCUT2D eigenvalue weighted by molar-refractivity contribution is 5.17. The second-order valence-corrected chi connectivity index (χ2v) is 12.8. The highest BCUT2D eigenvalue weighted by Crippen LogP contribution is 2.69. The van der Waals surface area contributed by atoms with Crippen LogP contribution in [0.25, 0.3) is 0 Å². The van der Waals surface area contributed by atoms with Crippen LogP contribution in [0.2, 0.25) is 0 Å². The molecule has 1 N–H and O–H groups in total. The number of fused-ring (bicyclic) bond motifs is 5. The summed E-state index contributed by atoms with van der Waals surface area (Å²) < 4.78 is 7.37. The quantitative estimate of drug-likeness (QED) is 0.645. The fourth-order valence-corrected chi connectivity index (χ4v) is 9.74. The average molecular weight is 454 g/mol. The van der Waals surface area contributed by atoms with E-state index in [0.717, 1.165) is 43.1 Å². The summed E-state index contributed by atoms with van der Waals surface area (Å²) in [6.07, 6.45) is 13.0. The third-order valence-corrected chi connectivity index (χ3v) is 11.2. The van der Waals surface area contributed by atoms with Crippen LogP contribution in [0.5, 0.6) is 0 Å². The van der Waals surface area contributed by atoms with Gasteiger partial charge >= 0.3 is 0 Å². The minimum absolute atomic E-state index is 0.424. The molecule has 5 nitrogen and oxygen atoms in total. The highest BCUT2D eigenvalue weighted by atomic mass is 16.5. The number of rotatable bonds is 5.